The Balaban J connectivity index is 2.16. The summed E-state index contributed by atoms with van der Waals surface area (Å²) in [5.74, 6) is -0.0283. The maximum absolute atomic E-state index is 13.2. The van der Waals surface area contributed by atoms with Crippen LogP contribution in [0.4, 0.5) is 4.39 Å². The van der Waals surface area contributed by atoms with Crippen LogP contribution in [-0.4, -0.2) is 21.1 Å². The van der Waals surface area contributed by atoms with E-state index >= 15 is 0 Å². The van der Waals surface area contributed by atoms with Gasteiger partial charge in [0.15, 0.2) is 0 Å². The first-order valence-electron chi connectivity index (χ1n) is 6.93. The van der Waals surface area contributed by atoms with Gasteiger partial charge in [0.05, 0.1) is 10.6 Å². The lowest BCUT2D eigenvalue weighted by atomic mass is 10.1. The summed E-state index contributed by atoms with van der Waals surface area (Å²) in [4.78, 5) is 21.2. The van der Waals surface area contributed by atoms with Gasteiger partial charge in [0.1, 0.15) is 21.5 Å². The molecule has 0 aliphatic rings. The number of aryl methyl sites for hydroxylation is 1. The molecule has 0 fully saturated rings. The molecule has 0 saturated carbocycles. The lowest BCUT2D eigenvalue weighted by Crippen LogP contribution is -2.22. The van der Waals surface area contributed by atoms with E-state index in [2.05, 4.69) is 9.97 Å². The summed E-state index contributed by atoms with van der Waals surface area (Å²) in [6.07, 6.45) is 0. The van der Waals surface area contributed by atoms with Crippen LogP contribution in [0.15, 0.2) is 34.7 Å². The van der Waals surface area contributed by atoms with E-state index in [1.807, 2.05) is 12.3 Å². The molecule has 0 aliphatic heterocycles. The molecule has 118 valence electrons. The lowest BCUT2D eigenvalue weighted by molar-refractivity contribution is -0.117. The molecule has 2 N–H and O–H groups in total. The number of nitrogens with two attached hydrogens (primary N) is 1. The Morgan fingerprint density at radius 1 is 1.30 bits per heavy atom. The number of hydrogen-bond acceptors (Lipinski definition) is 5. The normalized spacial score (nSPS) is 12.5. The molecule has 4 nitrogen and oxygen atoms in total. The van der Waals surface area contributed by atoms with Crippen LogP contribution in [-0.2, 0) is 4.79 Å². The molecule has 23 heavy (non-hydrogen) atoms. The van der Waals surface area contributed by atoms with E-state index in [1.165, 1.54) is 35.2 Å². The molecule has 2 heterocycles. The highest BCUT2D eigenvalue weighted by Gasteiger charge is 2.19. The molecule has 2 aromatic heterocycles. The van der Waals surface area contributed by atoms with E-state index < -0.39 is 11.2 Å². The summed E-state index contributed by atoms with van der Waals surface area (Å²) >= 11 is 2.82. The van der Waals surface area contributed by atoms with Crippen molar-refractivity contribution >= 4 is 39.2 Å². The van der Waals surface area contributed by atoms with Crippen LogP contribution in [0.3, 0.4) is 0 Å². The minimum atomic E-state index is -0.395. The van der Waals surface area contributed by atoms with Gasteiger partial charge in [-0.05, 0) is 31.5 Å². The van der Waals surface area contributed by atoms with Gasteiger partial charge in [0, 0.05) is 10.9 Å². The van der Waals surface area contributed by atoms with Crippen molar-refractivity contribution in [3.8, 4) is 11.1 Å². The zero-order valence-electron chi connectivity index (χ0n) is 12.5. The number of thioether (sulfide) groups is 1. The Hall–Kier alpha value is -1.99. The number of amides is 1. The van der Waals surface area contributed by atoms with Crippen molar-refractivity contribution in [2.24, 2.45) is 5.73 Å². The van der Waals surface area contributed by atoms with Crippen molar-refractivity contribution in [3.63, 3.8) is 0 Å². The van der Waals surface area contributed by atoms with E-state index in [4.69, 9.17) is 5.73 Å². The van der Waals surface area contributed by atoms with Gasteiger partial charge in [-0.3, -0.25) is 4.79 Å². The van der Waals surface area contributed by atoms with E-state index in [-0.39, 0.29) is 5.82 Å². The van der Waals surface area contributed by atoms with Gasteiger partial charge in [-0.25, -0.2) is 14.4 Å². The molecule has 7 heteroatoms. The van der Waals surface area contributed by atoms with Crippen molar-refractivity contribution in [3.05, 3.63) is 41.3 Å². The Bertz CT molecular complexity index is 877. The number of primary amides is 1. The zero-order chi connectivity index (χ0) is 16.6. The van der Waals surface area contributed by atoms with Gasteiger partial charge in [-0.1, -0.05) is 23.9 Å². The molecular formula is C16H14FN3OS2. The van der Waals surface area contributed by atoms with Crippen LogP contribution < -0.4 is 5.73 Å². The van der Waals surface area contributed by atoms with Gasteiger partial charge < -0.3 is 5.73 Å². The van der Waals surface area contributed by atoms with Gasteiger partial charge in [0.25, 0.3) is 0 Å². The third kappa shape index (κ3) is 3.20. The molecule has 0 radical (unpaired) electrons. The van der Waals surface area contributed by atoms with Crippen LogP contribution in [0.2, 0.25) is 0 Å². The number of benzene rings is 1. The van der Waals surface area contributed by atoms with Crippen LogP contribution in [0.25, 0.3) is 21.3 Å². The number of fused-ring (bicyclic) bond motifs is 1. The smallest absolute Gasteiger partial charge is 0.230 e. The third-order valence-corrected chi connectivity index (χ3v) is 5.33. The average Bonchev–Trinajstić information content (AvgIpc) is 2.91. The molecule has 1 aromatic carbocycles. The van der Waals surface area contributed by atoms with Crippen molar-refractivity contribution in [1.29, 1.82) is 0 Å². The fourth-order valence-corrected chi connectivity index (χ4v) is 4.18. The first kappa shape index (κ1) is 15.9. The molecular weight excluding hydrogens is 333 g/mol. The monoisotopic (exact) mass is 347 g/mol. The fourth-order valence-electron chi connectivity index (χ4n) is 2.16. The van der Waals surface area contributed by atoms with E-state index in [9.17, 15) is 9.18 Å². The van der Waals surface area contributed by atoms with Gasteiger partial charge in [0.2, 0.25) is 5.91 Å². The molecule has 1 unspecified atom stereocenters. The summed E-state index contributed by atoms with van der Waals surface area (Å²) in [5, 5.41) is 3.18. The maximum atomic E-state index is 13.2. The molecule has 0 bridgehead atoms. The largest absolute Gasteiger partial charge is 0.369 e. The summed E-state index contributed by atoms with van der Waals surface area (Å²) < 4.78 is 13.2. The van der Waals surface area contributed by atoms with Crippen LogP contribution in [0, 0.1) is 12.7 Å². The zero-order valence-corrected chi connectivity index (χ0v) is 14.2. The van der Waals surface area contributed by atoms with Gasteiger partial charge in [-0.2, -0.15) is 0 Å². The molecule has 3 aromatic rings. The minimum Gasteiger partial charge on any atom is -0.369 e. The predicted octanol–water partition coefficient (Wildman–Crippen LogP) is 3.77. The Morgan fingerprint density at radius 2 is 2.00 bits per heavy atom. The van der Waals surface area contributed by atoms with Crippen molar-refractivity contribution in [2.45, 2.75) is 24.1 Å². The highest BCUT2D eigenvalue weighted by Crippen LogP contribution is 2.39. The third-order valence-electron chi connectivity index (χ3n) is 3.36. The van der Waals surface area contributed by atoms with Gasteiger partial charge >= 0.3 is 0 Å². The molecule has 1 atom stereocenters. The maximum Gasteiger partial charge on any atom is 0.230 e. The second-order valence-corrected chi connectivity index (χ2v) is 7.26. The molecule has 3 rings (SSSR count). The van der Waals surface area contributed by atoms with Crippen molar-refractivity contribution in [1.82, 2.24) is 9.97 Å². The highest BCUT2D eigenvalue weighted by molar-refractivity contribution is 8.00. The molecule has 0 aliphatic carbocycles. The number of carbonyl (C=O) groups excluding carboxylic acids is 1. The Labute approximate surface area is 140 Å². The van der Waals surface area contributed by atoms with Crippen LogP contribution in [0.5, 0.6) is 0 Å². The number of halogens is 1. The minimum absolute atomic E-state index is 0.280. The number of hydrogen-bond donors (Lipinski definition) is 1. The summed E-state index contributed by atoms with van der Waals surface area (Å²) in [6, 6.07) is 6.30. The number of rotatable bonds is 4. The second-order valence-electron chi connectivity index (χ2n) is 5.07. The second kappa shape index (κ2) is 6.25. The number of carbonyl (C=O) groups is 1. The summed E-state index contributed by atoms with van der Waals surface area (Å²) in [6.45, 7) is 3.57. The first-order valence-corrected chi connectivity index (χ1v) is 8.69. The molecule has 0 saturated heterocycles. The topological polar surface area (TPSA) is 68.9 Å². The Morgan fingerprint density at radius 3 is 2.65 bits per heavy atom. The van der Waals surface area contributed by atoms with E-state index in [0.29, 0.717) is 5.82 Å². The number of thiophene rings is 1. The predicted molar refractivity (Wildman–Crippen MR) is 92.1 cm³/mol. The average molecular weight is 347 g/mol. The summed E-state index contributed by atoms with van der Waals surface area (Å²) in [5.41, 5.74) is 7.19. The quantitative estimate of drug-likeness (QED) is 0.576. The van der Waals surface area contributed by atoms with Crippen molar-refractivity contribution < 1.29 is 9.18 Å². The summed E-state index contributed by atoms with van der Waals surface area (Å²) in [7, 11) is 0. The Kier molecular flexibility index (Phi) is 4.32. The number of nitrogens with zero attached hydrogens (tertiary/aromatic N) is 2. The molecule has 0 spiro atoms. The first-order chi connectivity index (χ1) is 11.0. The van der Waals surface area contributed by atoms with Crippen molar-refractivity contribution in [2.75, 3.05) is 0 Å². The number of aromatic nitrogens is 2. The lowest BCUT2D eigenvalue weighted by Gasteiger charge is -2.09. The fraction of sp³-hybridized carbons (Fsp3) is 0.188. The van der Waals surface area contributed by atoms with E-state index in [0.717, 1.165) is 26.4 Å². The van der Waals surface area contributed by atoms with Crippen LogP contribution >= 0.6 is 23.1 Å². The highest BCUT2D eigenvalue weighted by atomic mass is 32.2. The molecule has 1 amide bonds. The SMILES string of the molecule is Cc1nc(SC(C)C(N)=O)c2c(-c3ccc(F)cc3)csc2n1. The van der Waals surface area contributed by atoms with Crippen LogP contribution in [0.1, 0.15) is 12.7 Å². The standard InChI is InChI=1S/C16H14FN3OS2/c1-8(14(18)21)23-16-13-12(10-3-5-11(17)6-4-10)7-22-15(13)19-9(2)20-16/h3-8H,1-2H3,(H2,18,21). The van der Waals surface area contributed by atoms with Gasteiger partial charge in [-0.15, -0.1) is 11.3 Å². The van der Waals surface area contributed by atoms with E-state index in [1.54, 1.807) is 19.1 Å².